The van der Waals surface area contributed by atoms with Crippen molar-refractivity contribution in [1.82, 2.24) is 4.90 Å². The van der Waals surface area contributed by atoms with Gasteiger partial charge in [0.15, 0.2) is 5.96 Å². The van der Waals surface area contributed by atoms with Crippen molar-refractivity contribution in [3.8, 4) is 0 Å². The maximum absolute atomic E-state index is 10.4. The number of carboxylic acids is 1. The zero-order valence-electron chi connectivity index (χ0n) is 5.61. The third kappa shape index (κ3) is 0.896. The maximum Gasteiger partial charge on any atom is 0.328 e. The van der Waals surface area contributed by atoms with E-state index in [1.165, 1.54) is 4.90 Å². The van der Waals surface area contributed by atoms with E-state index in [4.69, 9.17) is 10.8 Å². The quantitative estimate of drug-likeness (QED) is 0.478. The third-order valence-corrected chi connectivity index (χ3v) is 1.54. The van der Waals surface area contributed by atoms with Crippen molar-refractivity contribution < 1.29 is 9.90 Å². The molecule has 1 aliphatic heterocycles. The summed E-state index contributed by atoms with van der Waals surface area (Å²) in [6.07, 6.45) is 0. The molecule has 10 heavy (non-hydrogen) atoms. The van der Waals surface area contributed by atoms with Gasteiger partial charge >= 0.3 is 5.97 Å². The Hall–Kier alpha value is -1.26. The molecule has 0 aliphatic carbocycles. The van der Waals surface area contributed by atoms with Crippen LogP contribution in [0.5, 0.6) is 0 Å². The maximum atomic E-state index is 10.4. The second kappa shape index (κ2) is 2.17. The lowest BCUT2D eigenvalue weighted by atomic mass is 10.3. The molecule has 5 nitrogen and oxygen atoms in total. The first-order valence-corrected chi connectivity index (χ1v) is 2.88. The lowest BCUT2D eigenvalue weighted by Gasteiger charge is -2.16. The summed E-state index contributed by atoms with van der Waals surface area (Å²) in [5.41, 5.74) is 5.32. The standard InChI is InChI=1S/C5H9N3O2/c1-8-3(4(9)10)2-7-5(8)6/h3H,2H2,1H3,(H2,6,7)(H,9,10)/t3-/m0/s1. The molecule has 1 heterocycles. The van der Waals surface area contributed by atoms with Crippen molar-refractivity contribution in [2.45, 2.75) is 6.04 Å². The number of rotatable bonds is 1. The molecule has 56 valence electrons. The Balaban J connectivity index is 2.65. The zero-order valence-corrected chi connectivity index (χ0v) is 5.61. The molecule has 0 spiro atoms. The first kappa shape index (κ1) is 6.85. The van der Waals surface area contributed by atoms with Crippen molar-refractivity contribution in [1.29, 1.82) is 0 Å². The molecule has 0 saturated heterocycles. The molecule has 1 aliphatic rings. The van der Waals surface area contributed by atoms with Gasteiger partial charge in [-0.2, -0.15) is 0 Å². The molecular formula is C5H9N3O2. The fourth-order valence-corrected chi connectivity index (χ4v) is 0.817. The van der Waals surface area contributed by atoms with E-state index < -0.39 is 12.0 Å². The van der Waals surface area contributed by atoms with Gasteiger partial charge in [-0.05, 0) is 0 Å². The van der Waals surface area contributed by atoms with Crippen molar-refractivity contribution >= 4 is 11.9 Å². The van der Waals surface area contributed by atoms with E-state index in [1.54, 1.807) is 7.05 Å². The lowest BCUT2D eigenvalue weighted by molar-refractivity contribution is -0.140. The molecule has 0 aromatic rings. The number of hydrogen-bond donors (Lipinski definition) is 2. The summed E-state index contributed by atoms with van der Waals surface area (Å²) in [7, 11) is 1.62. The summed E-state index contributed by atoms with van der Waals surface area (Å²) in [6, 6.07) is -0.569. The second-order valence-corrected chi connectivity index (χ2v) is 2.16. The number of carbonyl (C=O) groups is 1. The Morgan fingerprint density at radius 1 is 2.00 bits per heavy atom. The Morgan fingerprint density at radius 2 is 2.60 bits per heavy atom. The Morgan fingerprint density at radius 3 is 2.80 bits per heavy atom. The first-order chi connectivity index (χ1) is 4.63. The van der Waals surface area contributed by atoms with Crippen LogP contribution in [0.15, 0.2) is 4.99 Å². The minimum atomic E-state index is -0.883. The fourth-order valence-electron chi connectivity index (χ4n) is 0.817. The van der Waals surface area contributed by atoms with Gasteiger partial charge in [-0.1, -0.05) is 0 Å². The normalized spacial score (nSPS) is 24.7. The molecule has 0 radical (unpaired) electrons. The van der Waals surface area contributed by atoms with Crippen LogP contribution in [-0.4, -0.2) is 41.6 Å². The Kier molecular flexibility index (Phi) is 1.48. The van der Waals surface area contributed by atoms with Gasteiger partial charge in [0.1, 0.15) is 6.04 Å². The molecule has 1 atom stereocenters. The molecule has 0 aromatic heterocycles. The summed E-state index contributed by atoms with van der Waals surface area (Å²) in [4.78, 5) is 15.6. The van der Waals surface area contributed by atoms with Crippen molar-refractivity contribution in [2.75, 3.05) is 13.6 Å². The highest BCUT2D eigenvalue weighted by Crippen LogP contribution is 2.04. The molecule has 0 bridgehead atoms. The van der Waals surface area contributed by atoms with Gasteiger partial charge in [0.25, 0.3) is 0 Å². The van der Waals surface area contributed by atoms with Crippen molar-refractivity contribution in [3.63, 3.8) is 0 Å². The SMILES string of the molecule is CN1C(N)=NC[C@H]1C(=O)O. The Bertz CT molecular complexity index is 189. The fraction of sp³-hybridized carbons (Fsp3) is 0.600. The van der Waals surface area contributed by atoms with E-state index in [0.717, 1.165) is 0 Å². The van der Waals surface area contributed by atoms with E-state index >= 15 is 0 Å². The number of aliphatic imine (C=N–C) groups is 1. The zero-order chi connectivity index (χ0) is 7.72. The van der Waals surface area contributed by atoms with Gasteiger partial charge in [0.05, 0.1) is 6.54 Å². The van der Waals surface area contributed by atoms with Crippen molar-refractivity contribution in [2.24, 2.45) is 10.7 Å². The molecule has 3 N–H and O–H groups in total. The van der Waals surface area contributed by atoms with E-state index in [1.807, 2.05) is 0 Å². The topological polar surface area (TPSA) is 78.9 Å². The second-order valence-electron chi connectivity index (χ2n) is 2.16. The summed E-state index contributed by atoms with van der Waals surface area (Å²) in [6.45, 7) is 0.262. The van der Waals surface area contributed by atoms with E-state index in [2.05, 4.69) is 4.99 Å². The molecule has 0 aromatic carbocycles. The number of guanidine groups is 1. The molecule has 0 saturated carbocycles. The van der Waals surface area contributed by atoms with Crippen molar-refractivity contribution in [3.05, 3.63) is 0 Å². The van der Waals surface area contributed by atoms with Crippen LogP contribution >= 0.6 is 0 Å². The van der Waals surface area contributed by atoms with Gasteiger partial charge < -0.3 is 15.7 Å². The number of nitrogens with zero attached hydrogens (tertiary/aromatic N) is 2. The number of aliphatic carboxylic acids is 1. The highest BCUT2D eigenvalue weighted by molar-refractivity contribution is 5.87. The average Bonchev–Trinajstić information content (AvgIpc) is 2.14. The highest BCUT2D eigenvalue weighted by atomic mass is 16.4. The number of carboxylic acid groups (broad SMARTS) is 1. The van der Waals surface area contributed by atoms with Gasteiger partial charge in [-0.3, -0.25) is 4.99 Å². The van der Waals surface area contributed by atoms with E-state index in [-0.39, 0.29) is 6.54 Å². The third-order valence-electron chi connectivity index (χ3n) is 1.54. The molecule has 5 heteroatoms. The van der Waals surface area contributed by atoms with Crippen LogP contribution in [0.3, 0.4) is 0 Å². The number of likely N-dealkylation sites (N-methyl/N-ethyl adjacent to an activating group) is 1. The largest absolute Gasteiger partial charge is 0.480 e. The summed E-state index contributed by atoms with van der Waals surface area (Å²) in [5, 5.41) is 8.53. The average molecular weight is 143 g/mol. The first-order valence-electron chi connectivity index (χ1n) is 2.88. The smallest absolute Gasteiger partial charge is 0.328 e. The number of nitrogens with two attached hydrogens (primary N) is 1. The molecular weight excluding hydrogens is 134 g/mol. The van der Waals surface area contributed by atoms with Crippen LogP contribution in [0.4, 0.5) is 0 Å². The van der Waals surface area contributed by atoms with Gasteiger partial charge in [-0.25, -0.2) is 4.79 Å². The monoisotopic (exact) mass is 143 g/mol. The Labute approximate surface area is 58.1 Å². The summed E-state index contributed by atoms with van der Waals surface area (Å²) < 4.78 is 0. The van der Waals surface area contributed by atoms with Crippen LogP contribution in [0.25, 0.3) is 0 Å². The van der Waals surface area contributed by atoms with Crippen LogP contribution < -0.4 is 5.73 Å². The number of hydrogen-bond acceptors (Lipinski definition) is 4. The molecule has 0 fully saturated rings. The summed E-state index contributed by atoms with van der Waals surface area (Å²) in [5.74, 6) is -0.584. The predicted molar refractivity (Wildman–Crippen MR) is 35.7 cm³/mol. The molecule has 0 amide bonds. The molecule has 0 unspecified atom stereocenters. The van der Waals surface area contributed by atoms with Crippen LogP contribution in [0.1, 0.15) is 0 Å². The van der Waals surface area contributed by atoms with E-state index in [0.29, 0.717) is 5.96 Å². The summed E-state index contributed by atoms with van der Waals surface area (Å²) >= 11 is 0. The highest BCUT2D eigenvalue weighted by Gasteiger charge is 2.28. The minimum absolute atomic E-state index is 0.262. The predicted octanol–water partition coefficient (Wildman–Crippen LogP) is -1.30. The van der Waals surface area contributed by atoms with E-state index in [9.17, 15) is 4.79 Å². The van der Waals surface area contributed by atoms with Gasteiger partial charge in [-0.15, -0.1) is 0 Å². The van der Waals surface area contributed by atoms with Crippen LogP contribution in [-0.2, 0) is 4.79 Å². The molecule has 1 rings (SSSR count). The van der Waals surface area contributed by atoms with Gasteiger partial charge in [0, 0.05) is 7.05 Å². The van der Waals surface area contributed by atoms with Gasteiger partial charge in [0.2, 0.25) is 0 Å². The minimum Gasteiger partial charge on any atom is -0.480 e. The lowest BCUT2D eigenvalue weighted by Crippen LogP contribution is -2.41. The van der Waals surface area contributed by atoms with Crippen LogP contribution in [0, 0.1) is 0 Å². The van der Waals surface area contributed by atoms with Crippen LogP contribution in [0.2, 0.25) is 0 Å².